The van der Waals surface area contributed by atoms with Crippen LogP contribution < -0.4 is 4.74 Å². The standard InChI is InChI=1S/C16H15NO/c1-4-6-12(5-2)15-10-8-13-7-9-14(18-3)11-16(13)17-15/h4-11H,1-2H2,3H3/b12-6+. The van der Waals surface area contributed by atoms with E-state index in [-0.39, 0.29) is 0 Å². The summed E-state index contributed by atoms with van der Waals surface area (Å²) in [5.41, 5.74) is 2.74. The number of rotatable bonds is 4. The van der Waals surface area contributed by atoms with Crippen molar-refractivity contribution in [2.75, 3.05) is 7.11 Å². The van der Waals surface area contributed by atoms with Crippen molar-refractivity contribution >= 4 is 16.5 Å². The predicted molar refractivity (Wildman–Crippen MR) is 76.7 cm³/mol. The lowest BCUT2D eigenvalue weighted by Gasteiger charge is -2.05. The topological polar surface area (TPSA) is 22.1 Å². The summed E-state index contributed by atoms with van der Waals surface area (Å²) in [6.45, 7) is 7.48. The van der Waals surface area contributed by atoms with E-state index in [1.165, 1.54) is 0 Å². The summed E-state index contributed by atoms with van der Waals surface area (Å²) in [5, 5.41) is 1.08. The zero-order chi connectivity index (χ0) is 13.0. The summed E-state index contributed by atoms with van der Waals surface area (Å²) >= 11 is 0. The quantitative estimate of drug-likeness (QED) is 0.750. The second-order valence-corrected chi connectivity index (χ2v) is 3.82. The van der Waals surface area contributed by atoms with Crippen molar-refractivity contribution in [3.05, 3.63) is 67.4 Å². The van der Waals surface area contributed by atoms with Crippen LogP contribution in [-0.2, 0) is 0 Å². The lowest BCUT2D eigenvalue weighted by atomic mass is 10.1. The molecule has 2 aromatic rings. The molecule has 0 unspecified atom stereocenters. The van der Waals surface area contributed by atoms with Gasteiger partial charge in [-0.15, -0.1) is 0 Å². The molecule has 0 radical (unpaired) electrons. The van der Waals surface area contributed by atoms with Crippen LogP contribution in [0, 0.1) is 0 Å². The average Bonchev–Trinajstić information content (AvgIpc) is 2.43. The lowest BCUT2D eigenvalue weighted by molar-refractivity contribution is 0.415. The number of aromatic nitrogens is 1. The van der Waals surface area contributed by atoms with Crippen LogP contribution in [0.3, 0.4) is 0 Å². The fourth-order valence-corrected chi connectivity index (χ4v) is 1.77. The van der Waals surface area contributed by atoms with Crippen molar-refractivity contribution in [1.82, 2.24) is 4.98 Å². The Balaban J connectivity index is 2.57. The number of hydrogen-bond donors (Lipinski definition) is 0. The molecule has 0 amide bonds. The van der Waals surface area contributed by atoms with E-state index in [9.17, 15) is 0 Å². The molecule has 18 heavy (non-hydrogen) atoms. The maximum atomic E-state index is 5.21. The van der Waals surface area contributed by atoms with Crippen LogP contribution in [0.2, 0.25) is 0 Å². The van der Waals surface area contributed by atoms with Gasteiger partial charge < -0.3 is 4.74 Å². The Bertz CT molecular complexity index is 626. The molecule has 0 aliphatic carbocycles. The number of nitrogens with zero attached hydrogens (tertiary/aromatic N) is 1. The Hall–Kier alpha value is -2.35. The normalized spacial score (nSPS) is 11.3. The smallest absolute Gasteiger partial charge is 0.121 e. The van der Waals surface area contributed by atoms with Crippen LogP contribution in [0.15, 0.2) is 61.7 Å². The van der Waals surface area contributed by atoms with E-state index >= 15 is 0 Å². The maximum absolute atomic E-state index is 5.21. The molecule has 0 saturated carbocycles. The first-order valence-electron chi connectivity index (χ1n) is 5.69. The number of fused-ring (bicyclic) bond motifs is 1. The summed E-state index contributed by atoms with van der Waals surface area (Å²) in [4.78, 5) is 4.61. The van der Waals surface area contributed by atoms with Crippen molar-refractivity contribution in [2.45, 2.75) is 0 Å². The monoisotopic (exact) mass is 237 g/mol. The van der Waals surface area contributed by atoms with Crippen LogP contribution in [0.1, 0.15) is 5.69 Å². The number of benzene rings is 1. The molecule has 1 aromatic carbocycles. The lowest BCUT2D eigenvalue weighted by Crippen LogP contribution is -1.89. The van der Waals surface area contributed by atoms with Gasteiger partial charge >= 0.3 is 0 Å². The summed E-state index contributed by atoms with van der Waals surface area (Å²) in [6, 6.07) is 9.87. The second-order valence-electron chi connectivity index (χ2n) is 3.82. The SMILES string of the molecule is C=C/C=C(\C=C)c1ccc2ccc(OC)cc2n1. The molecule has 2 nitrogen and oxygen atoms in total. The van der Waals surface area contributed by atoms with E-state index < -0.39 is 0 Å². The summed E-state index contributed by atoms with van der Waals surface area (Å²) in [6.07, 6.45) is 5.39. The van der Waals surface area contributed by atoms with E-state index in [2.05, 4.69) is 18.1 Å². The minimum absolute atomic E-state index is 0.806. The van der Waals surface area contributed by atoms with Crippen LogP contribution in [-0.4, -0.2) is 12.1 Å². The summed E-state index contributed by atoms with van der Waals surface area (Å²) in [7, 11) is 1.65. The van der Waals surface area contributed by atoms with Crippen LogP contribution >= 0.6 is 0 Å². The molecule has 90 valence electrons. The minimum atomic E-state index is 0.806. The van der Waals surface area contributed by atoms with Gasteiger partial charge in [0.15, 0.2) is 0 Å². The third kappa shape index (κ3) is 2.33. The second kappa shape index (κ2) is 5.32. The maximum Gasteiger partial charge on any atom is 0.121 e. The third-order valence-corrected chi connectivity index (χ3v) is 2.71. The van der Waals surface area contributed by atoms with Crippen molar-refractivity contribution in [1.29, 1.82) is 0 Å². The Morgan fingerprint density at radius 2 is 2.00 bits per heavy atom. The Labute approximate surface area is 107 Å². The van der Waals surface area contributed by atoms with Gasteiger partial charge in [0.25, 0.3) is 0 Å². The Morgan fingerprint density at radius 3 is 2.67 bits per heavy atom. The molecule has 0 aliphatic heterocycles. The van der Waals surface area contributed by atoms with Gasteiger partial charge in [0, 0.05) is 11.5 Å². The van der Waals surface area contributed by atoms with Crippen molar-refractivity contribution in [3.8, 4) is 5.75 Å². The zero-order valence-corrected chi connectivity index (χ0v) is 10.4. The number of allylic oxidation sites excluding steroid dienone is 4. The van der Waals surface area contributed by atoms with Gasteiger partial charge in [-0.25, -0.2) is 4.98 Å². The molecular formula is C16H15NO. The number of hydrogen-bond acceptors (Lipinski definition) is 2. The van der Waals surface area contributed by atoms with Gasteiger partial charge in [0.2, 0.25) is 0 Å². The average molecular weight is 237 g/mol. The highest BCUT2D eigenvalue weighted by Crippen LogP contribution is 2.22. The highest BCUT2D eigenvalue weighted by molar-refractivity contribution is 5.83. The molecule has 0 aliphatic rings. The Kier molecular flexibility index (Phi) is 3.58. The summed E-state index contributed by atoms with van der Waals surface area (Å²) in [5.74, 6) is 0.806. The first-order chi connectivity index (χ1) is 8.78. The third-order valence-electron chi connectivity index (χ3n) is 2.71. The van der Waals surface area contributed by atoms with Gasteiger partial charge in [0.1, 0.15) is 5.75 Å². The summed E-state index contributed by atoms with van der Waals surface area (Å²) < 4.78 is 5.21. The van der Waals surface area contributed by atoms with Gasteiger partial charge in [-0.3, -0.25) is 0 Å². The van der Waals surface area contributed by atoms with E-state index in [0.717, 1.165) is 27.9 Å². The molecule has 1 aromatic heterocycles. The van der Waals surface area contributed by atoms with Crippen LogP contribution in [0.25, 0.3) is 16.5 Å². The van der Waals surface area contributed by atoms with Gasteiger partial charge in [-0.2, -0.15) is 0 Å². The van der Waals surface area contributed by atoms with Gasteiger partial charge in [-0.05, 0) is 23.8 Å². The predicted octanol–water partition coefficient (Wildman–Crippen LogP) is 4.00. The molecule has 0 fully saturated rings. The first kappa shape index (κ1) is 12.1. The number of pyridine rings is 1. The Morgan fingerprint density at radius 1 is 1.22 bits per heavy atom. The molecule has 0 N–H and O–H groups in total. The molecule has 0 saturated heterocycles. The largest absolute Gasteiger partial charge is 0.497 e. The van der Waals surface area contributed by atoms with Gasteiger partial charge in [0.05, 0.1) is 18.3 Å². The molecule has 2 heteroatoms. The number of ether oxygens (including phenoxy) is 1. The number of methoxy groups -OCH3 is 1. The van der Waals surface area contributed by atoms with Crippen molar-refractivity contribution < 1.29 is 4.74 Å². The van der Waals surface area contributed by atoms with Crippen molar-refractivity contribution in [2.24, 2.45) is 0 Å². The molecular weight excluding hydrogens is 222 g/mol. The van der Waals surface area contributed by atoms with E-state index in [1.54, 1.807) is 19.3 Å². The van der Waals surface area contributed by atoms with Crippen LogP contribution in [0.5, 0.6) is 5.75 Å². The van der Waals surface area contributed by atoms with Crippen LogP contribution in [0.4, 0.5) is 0 Å². The molecule has 1 heterocycles. The van der Waals surface area contributed by atoms with Crippen molar-refractivity contribution in [3.63, 3.8) is 0 Å². The highest BCUT2D eigenvalue weighted by Gasteiger charge is 2.02. The van der Waals surface area contributed by atoms with E-state index in [4.69, 9.17) is 4.74 Å². The molecule has 0 atom stereocenters. The molecule has 0 bridgehead atoms. The van der Waals surface area contributed by atoms with E-state index in [1.807, 2.05) is 36.4 Å². The fraction of sp³-hybridized carbons (Fsp3) is 0.0625. The fourth-order valence-electron chi connectivity index (χ4n) is 1.77. The minimum Gasteiger partial charge on any atom is -0.497 e. The van der Waals surface area contributed by atoms with E-state index in [0.29, 0.717) is 0 Å². The van der Waals surface area contributed by atoms with Gasteiger partial charge in [-0.1, -0.05) is 37.5 Å². The zero-order valence-electron chi connectivity index (χ0n) is 10.4. The highest BCUT2D eigenvalue weighted by atomic mass is 16.5. The molecule has 2 rings (SSSR count). The first-order valence-corrected chi connectivity index (χ1v) is 5.69. The molecule has 0 spiro atoms.